The average Bonchev–Trinajstić information content (AvgIpc) is 3.47. The Bertz CT molecular complexity index is 936. The molecule has 1 atom stereocenters. The second kappa shape index (κ2) is 7.75. The fraction of sp³-hybridized carbons (Fsp3) is 0.421. The first-order valence-corrected chi connectivity index (χ1v) is 11.3. The van der Waals surface area contributed by atoms with Crippen molar-refractivity contribution >= 4 is 28.6 Å². The molecule has 7 nitrogen and oxygen atoms in total. The molecule has 1 amide bonds. The number of hydrogen-bond donors (Lipinski definition) is 1. The van der Waals surface area contributed by atoms with Crippen molar-refractivity contribution < 1.29 is 4.79 Å². The third kappa shape index (κ3) is 3.50. The van der Waals surface area contributed by atoms with Crippen LogP contribution in [0.2, 0.25) is 0 Å². The van der Waals surface area contributed by atoms with Crippen LogP contribution in [0.1, 0.15) is 32.2 Å². The molecule has 0 unspecified atom stereocenters. The Morgan fingerprint density at radius 2 is 1.86 bits per heavy atom. The molecule has 2 aliphatic heterocycles. The molecule has 146 valence electrons. The third-order valence-electron chi connectivity index (χ3n) is 5.43. The van der Waals surface area contributed by atoms with Crippen LogP contribution in [0.5, 0.6) is 0 Å². The molecule has 2 aliphatic rings. The van der Waals surface area contributed by atoms with Gasteiger partial charge in [-0.05, 0) is 22.9 Å². The molecule has 9 heteroatoms. The summed E-state index contributed by atoms with van der Waals surface area (Å²) < 4.78 is 2.01. The van der Waals surface area contributed by atoms with Crippen LogP contribution in [0, 0.1) is 0 Å². The number of carbonyl (C=O) groups is 1. The van der Waals surface area contributed by atoms with Crippen LogP contribution in [0.3, 0.4) is 0 Å². The zero-order valence-corrected chi connectivity index (χ0v) is 17.1. The van der Waals surface area contributed by atoms with Gasteiger partial charge in [-0.25, -0.2) is 0 Å². The second-order valence-corrected chi connectivity index (χ2v) is 9.23. The number of thiophene rings is 2. The van der Waals surface area contributed by atoms with E-state index in [0.717, 1.165) is 50.0 Å². The van der Waals surface area contributed by atoms with Gasteiger partial charge in [0.25, 0.3) is 5.91 Å². The zero-order chi connectivity index (χ0) is 18.9. The zero-order valence-electron chi connectivity index (χ0n) is 15.5. The summed E-state index contributed by atoms with van der Waals surface area (Å²) >= 11 is 3.44. The van der Waals surface area contributed by atoms with Gasteiger partial charge in [0.15, 0.2) is 5.82 Å². The molecule has 0 spiro atoms. The smallest absolute Gasteiger partial charge is 0.289 e. The number of aromatic nitrogens is 3. The Morgan fingerprint density at radius 3 is 2.64 bits per heavy atom. The van der Waals surface area contributed by atoms with Gasteiger partial charge in [0.05, 0.1) is 12.6 Å². The number of nitrogens with one attached hydrogen (secondary N) is 1. The van der Waals surface area contributed by atoms with Crippen molar-refractivity contribution in [1.82, 2.24) is 29.9 Å². The monoisotopic (exact) mass is 414 g/mol. The summed E-state index contributed by atoms with van der Waals surface area (Å²) in [4.78, 5) is 20.1. The lowest BCUT2D eigenvalue weighted by Gasteiger charge is -2.43. The van der Waals surface area contributed by atoms with E-state index >= 15 is 0 Å². The minimum absolute atomic E-state index is 0.146. The highest BCUT2D eigenvalue weighted by Crippen LogP contribution is 2.29. The van der Waals surface area contributed by atoms with E-state index in [1.165, 1.54) is 4.88 Å². The number of hydrogen-bond acceptors (Lipinski definition) is 7. The van der Waals surface area contributed by atoms with E-state index in [4.69, 9.17) is 0 Å². The van der Waals surface area contributed by atoms with Crippen LogP contribution in [0.25, 0.3) is 0 Å². The van der Waals surface area contributed by atoms with E-state index in [0.29, 0.717) is 12.4 Å². The molecule has 3 aromatic heterocycles. The summed E-state index contributed by atoms with van der Waals surface area (Å²) in [5.74, 6) is 1.21. The predicted octanol–water partition coefficient (Wildman–Crippen LogP) is 2.20. The first kappa shape index (κ1) is 18.0. The van der Waals surface area contributed by atoms with Gasteiger partial charge in [-0.2, -0.15) is 0 Å². The number of piperazine rings is 1. The summed E-state index contributed by atoms with van der Waals surface area (Å²) in [7, 11) is 0. The van der Waals surface area contributed by atoms with E-state index in [-0.39, 0.29) is 11.9 Å². The quantitative estimate of drug-likeness (QED) is 0.693. The largest absolute Gasteiger partial charge is 0.344 e. The summed E-state index contributed by atoms with van der Waals surface area (Å²) in [5, 5.41) is 15.8. The molecule has 0 aromatic carbocycles. The molecule has 0 aliphatic carbocycles. The van der Waals surface area contributed by atoms with Gasteiger partial charge < -0.3 is 9.88 Å². The molecule has 1 N–H and O–H groups in total. The van der Waals surface area contributed by atoms with Gasteiger partial charge in [-0.3, -0.25) is 14.6 Å². The number of amides is 1. The Hall–Kier alpha value is -2.07. The lowest BCUT2D eigenvalue weighted by Crippen LogP contribution is -2.52. The van der Waals surface area contributed by atoms with Gasteiger partial charge >= 0.3 is 0 Å². The van der Waals surface area contributed by atoms with Crippen LogP contribution < -0.4 is 5.32 Å². The highest BCUT2D eigenvalue weighted by Gasteiger charge is 2.36. The molecule has 5 rings (SSSR count). The van der Waals surface area contributed by atoms with Crippen molar-refractivity contribution in [3.05, 3.63) is 56.4 Å². The van der Waals surface area contributed by atoms with Gasteiger partial charge in [0.2, 0.25) is 5.82 Å². The number of fused-ring (bicyclic) bond motifs is 3. The fourth-order valence-electron chi connectivity index (χ4n) is 3.99. The lowest BCUT2D eigenvalue weighted by atomic mass is 10.1. The molecule has 1 fully saturated rings. The molecule has 5 heterocycles. The third-order valence-corrected chi connectivity index (χ3v) is 7.17. The SMILES string of the molecule is O=C(NCc1cccs1)c1nnc2n1CCN1CCN(Cc3cccs3)C[C@H]21. The molecular formula is C19H22N6OS2. The highest BCUT2D eigenvalue weighted by atomic mass is 32.1. The first-order chi connectivity index (χ1) is 13.8. The van der Waals surface area contributed by atoms with Crippen LogP contribution in [-0.4, -0.2) is 56.7 Å². The topological polar surface area (TPSA) is 66.3 Å². The minimum Gasteiger partial charge on any atom is -0.344 e. The van der Waals surface area contributed by atoms with Crippen molar-refractivity contribution in [3.8, 4) is 0 Å². The maximum atomic E-state index is 12.7. The predicted molar refractivity (Wildman–Crippen MR) is 109 cm³/mol. The minimum atomic E-state index is -0.146. The first-order valence-electron chi connectivity index (χ1n) is 9.50. The molecule has 0 radical (unpaired) electrons. The van der Waals surface area contributed by atoms with Gasteiger partial charge in [-0.15, -0.1) is 32.9 Å². The van der Waals surface area contributed by atoms with E-state index in [2.05, 4.69) is 42.8 Å². The van der Waals surface area contributed by atoms with E-state index in [9.17, 15) is 4.79 Å². The number of rotatable bonds is 5. The number of nitrogens with zero attached hydrogens (tertiary/aromatic N) is 5. The summed E-state index contributed by atoms with van der Waals surface area (Å²) in [5.41, 5.74) is 0. The van der Waals surface area contributed by atoms with Crippen LogP contribution in [-0.2, 0) is 19.6 Å². The van der Waals surface area contributed by atoms with E-state index < -0.39 is 0 Å². The fourth-order valence-corrected chi connectivity index (χ4v) is 5.38. The van der Waals surface area contributed by atoms with Gasteiger partial charge in [0, 0.05) is 49.0 Å². The normalized spacial score (nSPS) is 19.9. The standard InChI is InChI=1S/C19H22N6OS2/c26-19(20-11-14-3-1-9-27-14)18-22-21-17-16-13-23(12-15-4-2-10-28-15)5-6-24(16)7-8-25(17)18/h1-4,9-10,16H,5-8,11-13H2,(H,20,26)/t16-/m1/s1. The van der Waals surface area contributed by atoms with E-state index in [1.807, 2.05) is 22.1 Å². The molecule has 28 heavy (non-hydrogen) atoms. The molecule has 1 saturated heterocycles. The van der Waals surface area contributed by atoms with Crippen molar-refractivity contribution in [3.63, 3.8) is 0 Å². The Labute approximate surface area is 171 Å². The van der Waals surface area contributed by atoms with Crippen LogP contribution >= 0.6 is 22.7 Å². The van der Waals surface area contributed by atoms with Gasteiger partial charge in [0.1, 0.15) is 0 Å². The van der Waals surface area contributed by atoms with Crippen LogP contribution in [0.4, 0.5) is 0 Å². The maximum absolute atomic E-state index is 12.7. The summed E-state index contributed by atoms with van der Waals surface area (Å²) in [6.45, 7) is 6.23. The van der Waals surface area contributed by atoms with Gasteiger partial charge in [-0.1, -0.05) is 12.1 Å². The maximum Gasteiger partial charge on any atom is 0.289 e. The van der Waals surface area contributed by atoms with Crippen molar-refractivity contribution in [2.75, 3.05) is 26.2 Å². The Kier molecular flexibility index (Phi) is 4.98. The number of carbonyl (C=O) groups excluding carboxylic acids is 1. The molecule has 3 aromatic rings. The molecule has 0 bridgehead atoms. The summed E-state index contributed by atoms with van der Waals surface area (Å²) in [6, 6.07) is 8.51. The molecular weight excluding hydrogens is 392 g/mol. The molecule has 0 saturated carbocycles. The van der Waals surface area contributed by atoms with Crippen molar-refractivity contribution in [1.29, 1.82) is 0 Å². The summed E-state index contributed by atoms with van der Waals surface area (Å²) in [6.07, 6.45) is 0. The lowest BCUT2D eigenvalue weighted by molar-refractivity contribution is 0.0463. The van der Waals surface area contributed by atoms with Crippen LogP contribution in [0.15, 0.2) is 35.0 Å². The van der Waals surface area contributed by atoms with Crippen molar-refractivity contribution in [2.24, 2.45) is 0 Å². The highest BCUT2D eigenvalue weighted by molar-refractivity contribution is 7.10. The average molecular weight is 415 g/mol. The van der Waals surface area contributed by atoms with E-state index in [1.54, 1.807) is 22.7 Å². The Morgan fingerprint density at radius 1 is 1.07 bits per heavy atom. The Balaban J connectivity index is 1.30. The second-order valence-electron chi connectivity index (χ2n) is 7.16. The van der Waals surface area contributed by atoms with Crippen molar-refractivity contribution in [2.45, 2.75) is 25.7 Å².